The highest BCUT2D eigenvalue weighted by atomic mass is 16.5. The molecule has 164 valence electrons. The van der Waals surface area contributed by atoms with Crippen molar-refractivity contribution in [2.24, 2.45) is 0 Å². The molecule has 1 N–H and O–H groups in total. The van der Waals surface area contributed by atoms with Crippen LogP contribution in [0.4, 0.5) is 5.69 Å². The summed E-state index contributed by atoms with van der Waals surface area (Å²) in [5, 5.41) is 2.65. The Morgan fingerprint density at radius 3 is 2.21 bits per heavy atom. The van der Waals surface area contributed by atoms with Crippen LogP contribution in [0, 0.1) is 0 Å². The zero-order valence-electron chi connectivity index (χ0n) is 17.4. The summed E-state index contributed by atoms with van der Waals surface area (Å²) in [5.41, 5.74) is 1.58. The third kappa shape index (κ3) is 5.54. The first-order valence-corrected chi connectivity index (χ1v) is 10.1. The summed E-state index contributed by atoms with van der Waals surface area (Å²) in [5.74, 6) is -0.968. The summed E-state index contributed by atoms with van der Waals surface area (Å²) in [6.07, 6.45) is 1.39. The molecule has 0 aliphatic heterocycles. The fourth-order valence-electron chi connectivity index (χ4n) is 2.98. The number of ether oxygens (including phenoxy) is 2. The lowest BCUT2D eigenvalue weighted by Crippen LogP contribution is -2.15. The van der Waals surface area contributed by atoms with Crippen molar-refractivity contribution in [2.45, 2.75) is 6.61 Å². The number of carbonyl (C=O) groups excluding carboxylic acids is 3. The van der Waals surface area contributed by atoms with E-state index in [1.165, 1.54) is 12.3 Å². The Hall–Kier alpha value is -4.65. The van der Waals surface area contributed by atoms with Gasteiger partial charge in [-0.15, -0.1) is 0 Å². The van der Waals surface area contributed by atoms with Gasteiger partial charge in [-0.25, -0.2) is 9.59 Å². The molecule has 33 heavy (non-hydrogen) atoms. The van der Waals surface area contributed by atoms with Crippen LogP contribution >= 0.6 is 0 Å². The number of furan rings is 1. The first-order chi connectivity index (χ1) is 16.1. The summed E-state index contributed by atoms with van der Waals surface area (Å²) in [7, 11) is 0. The summed E-state index contributed by atoms with van der Waals surface area (Å²) in [6.45, 7) is -0.00664. The van der Waals surface area contributed by atoms with E-state index >= 15 is 0 Å². The molecule has 0 atom stereocenters. The Kier molecular flexibility index (Phi) is 6.61. The van der Waals surface area contributed by atoms with Crippen molar-refractivity contribution in [3.63, 3.8) is 0 Å². The summed E-state index contributed by atoms with van der Waals surface area (Å²) in [4.78, 5) is 37.1. The lowest BCUT2D eigenvalue weighted by Gasteiger charge is -2.10. The summed E-state index contributed by atoms with van der Waals surface area (Å²) >= 11 is 0. The Morgan fingerprint density at radius 2 is 1.48 bits per heavy atom. The molecule has 1 heterocycles. The molecular formula is C26H19NO6. The second kappa shape index (κ2) is 10.1. The molecule has 0 spiro atoms. The van der Waals surface area contributed by atoms with Gasteiger partial charge in [-0.1, -0.05) is 42.5 Å². The van der Waals surface area contributed by atoms with Crippen molar-refractivity contribution in [3.8, 4) is 5.75 Å². The lowest BCUT2D eigenvalue weighted by molar-refractivity contribution is 0.0473. The minimum atomic E-state index is -0.599. The number of esters is 2. The second-order valence-electron chi connectivity index (χ2n) is 6.95. The smallest absolute Gasteiger partial charge is 0.343 e. The molecule has 0 aliphatic rings. The average molecular weight is 441 g/mol. The molecule has 0 unspecified atom stereocenters. The van der Waals surface area contributed by atoms with Gasteiger partial charge in [0.05, 0.1) is 23.1 Å². The molecule has 0 saturated heterocycles. The monoisotopic (exact) mass is 441 g/mol. The van der Waals surface area contributed by atoms with Gasteiger partial charge in [-0.05, 0) is 54.1 Å². The molecule has 0 saturated carbocycles. The van der Waals surface area contributed by atoms with E-state index in [1.54, 1.807) is 78.9 Å². The minimum absolute atomic E-state index is 0.00664. The SMILES string of the molecule is O=C(Oc1ccccc1)c1ccc(COC(=O)c2ccccc2NC(=O)c2ccco2)cc1. The van der Waals surface area contributed by atoms with Gasteiger partial charge in [0.25, 0.3) is 5.91 Å². The van der Waals surface area contributed by atoms with E-state index in [-0.39, 0.29) is 17.9 Å². The minimum Gasteiger partial charge on any atom is -0.459 e. The van der Waals surface area contributed by atoms with E-state index in [1.807, 2.05) is 6.07 Å². The second-order valence-corrected chi connectivity index (χ2v) is 6.95. The standard InChI is InChI=1S/C26H19NO6/c28-24(23-11-6-16-31-23)27-22-10-5-4-9-21(22)26(30)32-17-18-12-14-19(15-13-18)25(29)33-20-7-2-1-3-8-20/h1-16H,17H2,(H,27,28). The fourth-order valence-corrected chi connectivity index (χ4v) is 2.98. The van der Waals surface area contributed by atoms with Crippen LogP contribution in [0.15, 0.2) is 102 Å². The van der Waals surface area contributed by atoms with Gasteiger partial charge in [0.15, 0.2) is 5.76 Å². The molecule has 7 heteroatoms. The normalized spacial score (nSPS) is 10.3. The largest absolute Gasteiger partial charge is 0.459 e. The predicted octanol–water partition coefficient (Wildman–Crippen LogP) is 5.11. The van der Waals surface area contributed by atoms with E-state index in [0.717, 1.165) is 0 Å². The molecule has 4 aromatic rings. The zero-order chi connectivity index (χ0) is 23.0. The number of amides is 1. The molecule has 0 fully saturated rings. The van der Waals surface area contributed by atoms with Crippen LogP contribution in [0.5, 0.6) is 5.75 Å². The zero-order valence-corrected chi connectivity index (χ0v) is 17.4. The van der Waals surface area contributed by atoms with Gasteiger partial charge >= 0.3 is 11.9 Å². The average Bonchev–Trinajstić information content (AvgIpc) is 3.39. The van der Waals surface area contributed by atoms with E-state index < -0.39 is 17.8 Å². The molecule has 1 aromatic heterocycles. The van der Waals surface area contributed by atoms with E-state index in [4.69, 9.17) is 13.9 Å². The highest BCUT2D eigenvalue weighted by Crippen LogP contribution is 2.19. The Bertz CT molecular complexity index is 1250. The number of rotatable bonds is 7. The molecule has 0 aliphatic carbocycles. The van der Waals surface area contributed by atoms with Gasteiger partial charge in [-0.2, -0.15) is 0 Å². The third-order valence-electron chi connectivity index (χ3n) is 4.65. The van der Waals surface area contributed by atoms with E-state index in [9.17, 15) is 14.4 Å². The van der Waals surface area contributed by atoms with Crippen molar-refractivity contribution < 1.29 is 28.3 Å². The third-order valence-corrected chi connectivity index (χ3v) is 4.65. The van der Waals surface area contributed by atoms with Crippen LogP contribution in [0.1, 0.15) is 36.8 Å². The van der Waals surface area contributed by atoms with E-state index in [2.05, 4.69) is 5.32 Å². The van der Waals surface area contributed by atoms with Crippen molar-refractivity contribution in [3.05, 3.63) is 120 Å². The Morgan fingerprint density at radius 1 is 0.758 bits per heavy atom. The van der Waals surface area contributed by atoms with E-state index in [0.29, 0.717) is 22.6 Å². The highest BCUT2D eigenvalue weighted by Gasteiger charge is 2.17. The number of carbonyl (C=O) groups is 3. The topological polar surface area (TPSA) is 94.8 Å². The Labute approximate surface area is 189 Å². The molecular weight excluding hydrogens is 422 g/mol. The molecule has 0 bridgehead atoms. The number of nitrogens with one attached hydrogen (secondary N) is 1. The molecule has 3 aromatic carbocycles. The number of anilines is 1. The number of hydrogen-bond acceptors (Lipinski definition) is 6. The summed E-state index contributed by atoms with van der Waals surface area (Å²) in [6, 6.07) is 25.0. The maximum Gasteiger partial charge on any atom is 0.343 e. The van der Waals surface area contributed by atoms with Crippen LogP contribution in [0.25, 0.3) is 0 Å². The van der Waals surface area contributed by atoms with Gasteiger partial charge in [-0.3, -0.25) is 4.79 Å². The highest BCUT2D eigenvalue weighted by molar-refractivity contribution is 6.06. The van der Waals surface area contributed by atoms with Crippen LogP contribution < -0.4 is 10.1 Å². The number of benzene rings is 3. The van der Waals surface area contributed by atoms with Gasteiger partial charge < -0.3 is 19.2 Å². The first-order valence-electron chi connectivity index (χ1n) is 10.1. The van der Waals surface area contributed by atoms with Gasteiger partial charge in [0.2, 0.25) is 0 Å². The van der Waals surface area contributed by atoms with Crippen LogP contribution in [-0.4, -0.2) is 17.8 Å². The number of hydrogen-bond donors (Lipinski definition) is 1. The van der Waals surface area contributed by atoms with Crippen molar-refractivity contribution in [1.82, 2.24) is 0 Å². The number of para-hydroxylation sites is 2. The Balaban J connectivity index is 1.36. The fraction of sp³-hybridized carbons (Fsp3) is 0.0385. The van der Waals surface area contributed by atoms with Crippen molar-refractivity contribution >= 4 is 23.5 Å². The lowest BCUT2D eigenvalue weighted by atomic mass is 10.1. The predicted molar refractivity (Wildman–Crippen MR) is 120 cm³/mol. The summed E-state index contributed by atoms with van der Waals surface area (Å²) < 4.78 is 15.8. The van der Waals surface area contributed by atoms with Crippen molar-refractivity contribution in [2.75, 3.05) is 5.32 Å². The molecule has 4 rings (SSSR count). The maximum atomic E-state index is 12.6. The van der Waals surface area contributed by atoms with Crippen LogP contribution in [0.2, 0.25) is 0 Å². The van der Waals surface area contributed by atoms with Crippen LogP contribution in [0.3, 0.4) is 0 Å². The molecule has 1 amide bonds. The quantitative estimate of drug-likeness (QED) is 0.316. The van der Waals surface area contributed by atoms with Crippen molar-refractivity contribution in [1.29, 1.82) is 0 Å². The maximum absolute atomic E-state index is 12.6. The molecule has 0 radical (unpaired) electrons. The van der Waals surface area contributed by atoms with Gasteiger partial charge in [0, 0.05) is 0 Å². The molecule has 7 nitrogen and oxygen atoms in total. The van der Waals surface area contributed by atoms with Crippen LogP contribution in [-0.2, 0) is 11.3 Å². The van der Waals surface area contributed by atoms with Gasteiger partial charge in [0.1, 0.15) is 12.4 Å². The first kappa shape index (κ1) is 21.6.